The first-order chi connectivity index (χ1) is 9.53. The molecule has 20 heavy (non-hydrogen) atoms. The van der Waals surface area contributed by atoms with Crippen molar-refractivity contribution in [1.29, 1.82) is 0 Å². The van der Waals surface area contributed by atoms with Gasteiger partial charge in [0.2, 0.25) is 0 Å². The van der Waals surface area contributed by atoms with Gasteiger partial charge in [-0.3, -0.25) is 0 Å². The van der Waals surface area contributed by atoms with Gasteiger partial charge in [-0.1, -0.05) is 13.8 Å². The van der Waals surface area contributed by atoms with Gasteiger partial charge in [0, 0.05) is 12.1 Å². The van der Waals surface area contributed by atoms with Crippen LogP contribution in [0.3, 0.4) is 0 Å². The summed E-state index contributed by atoms with van der Waals surface area (Å²) in [5, 5.41) is 3.37. The van der Waals surface area contributed by atoms with E-state index in [4.69, 9.17) is 9.47 Å². The Labute approximate surface area is 119 Å². The molecule has 2 aliphatic heterocycles. The van der Waals surface area contributed by atoms with Crippen LogP contribution >= 0.6 is 0 Å². The number of nitrogens with one attached hydrogen (secondary N) is 1. The molecule has 0 saturated carbocycles. The van der Waals surface area contributed by atoms with Gasteiger partial charge < -0.3 is 14.8 Å². The zero-order chi connectivity index (χ0) is 14.3. The van der Waals surface area contributed by atoms with E-state index in [1.54, 1.807) is 6.07 Å². The second-order valence-corrected chi connectivity index (χ2v) is 7.33. The highest BCUT2D eigenvalue weighted by atomic mass is 32.2. The molecular weight excluding hydrogens is 278 g/mol. The fourth-order valence-corrected chi connectivity index (χ4v) is 4.86. The number of hydrogen-bond donors (Lipinski definition) is 1. The summed E-state index contributed by atoms with van der Waals surface area (Å²) in [6.07, 6.45) is 0. The number of sulfone groups is 1. The highest BCUT2D eigenvalue weighted by Gasteiger charge is 2.36. The molecule has 0 radical (unpaired) electrons. The summed E-state index contributed by atoms with van der Waals surface area (Å²) in [7, 11) is -3.25. The molecule has 1 aromatic rings. The molecule has 3 rings (SSSR count). The Kier molecular flexibility index (Phi) is 3.38. The fourth-order valence-electron chi connectivity index (χ4n) is 2.97. The number of ether oxygens (including phenoxy) is 2. The molecule has 6 heteroatoms. The van der Waals surface area contributed by atoms with E-state index in [0.29, 0.717) is 29.6 Å². The minimum Gasteiger partial charge on any atom is -0.486 e. The summed E-state index contributed by atoms with van der Waals surface area (Å²) >= 11 is 0. The van der Waals surface area contributed by atoms with Crippen LogP contribution in [0.15, 0.2) is 17.0 Å². The number of rotatable bonds is 2. The average Bonchev–Trinajstić information content (AvgIpc) is 2.41. The van der Waals surface area contributed by atoms with Crippen LogP contribution in [0.2, 0.25) is 0 Å². The smallest absolute Gasteiger partial charge is 0.179 e. The van der Waals surface area contributed by atoms with Gasteiger partial charge in [-0.2, -0.15) is 0 Å². The SMILES string of the molecule is CCNC1c2cc3c(cc2S(=O)(=O)CC1C)OCCO3. The van der Waals surface area contributed by atoms with E-state index < -0.39 is 9.84 Å². The lowest BCUT2D eigenvalue weighted by atomic mass is 9.94. The molecule has 2 heterocycles. The van der Waals surface area contributed by atoms with Crippen LogP contribution in [0.1, 0.15) is 25.5 Å². The minimum atomic E-state index is -3.25. The van der Waals surface area contributed by atoms with Gasteiger partial charge >= 0.3 is 0 Å². The number of hydrogen-bond acceptors (Lipinski definition) is 5. The lowest BCUT2D eigenvalue weighted by Crippen LogP contribution is -2.36. The molecule has 0 amide bonds. The third kappa shape index (κ3) is 2.16. The van der Waals surface area contributed by atoms with Crippen LogP contribution < -0.4 is 14.8 Å². The number of fused-ring (bicyclic) bond motifs is 2. The third-order valence-corrected chi connectivity index (χ3v) is 5.81. The monoisotopic (exact) mass is 297 g/mol. The van der Waals surface area contributed by atoms with Gasteiger partial charge in [0.1, 0.15) is 13.2 Å². The Hall–Kier alpha value is -1.27. The van der Waals surface area contributed by atoms with Gasteiger partial charge in [0.15, 0.2) is 21.3 Å². The highest BCUT2D eigenvalue weighted by molar-refractivity contribution is 7.91. The second kappa shape index (κ2) is 4.93. The summed E-state index contributed by atoms with van der Waals surface area (Å²) in [5.74, 6) is 1.37. The maximum atomic E-state index is 12.4. The predicted octanol–water partition coefficient (Wildman–Crippen LogP) is 1.53. The molecule has 0 fully saturated rings. The highest BCUT2D eigenvalue weighted by Crippen LogP contribution is 2.42. The van der Waals surface area contributed by atoms with Crippen LogP contribution in [-0.4, -0.2) is 33.9 Å². The lowest BCUT2D eigenvalue weighted by molar-refractivity contribution is 0.170. The van der Waals surface area contributed by atoms with E-state index in [-0.39, 0.29) is 17.7 Å². The van der Waals surface area contributed by atoms with Gasteiger partial charge in [-0.05, 0) is 24.1 Å². The zero-order valence-electron chi connectivity index (χ0n) is 11.7. The normalized spacial score (nSPS) is 26.9. The van der Waals surface area contributed by atoms with Crippen molar-refractivity contribution in [2.45, 2.75) is 24.8 Å². The maximum absolute atomic E-state index is 12.4. The second-order valence-electron chi connectivity index (χ2n) is 5.33. The molecular formula is C14H19NO4S. The molecule has 0 saturated heterocycles. The molecule has 2 atom stereocenters. The van der Waals surface area contributed by atoms with Crippen molar-refractivity contribution >= 4 is 9.84 Å². The topological polar surface area (TPSA) is 64.6 Å². The van der Waals surface area contributed by atoms with Crippen LogP contribution in [0.25, 0.3) is 0 Å². The quantitative estimate of drug-likeness (QED) is 0.897. The number of benzene rings is 1. The lowest BCUT2D eigenvalue weighted by Gasteiger charge is -2.33. The molecule has 0 aliphatic carbocycles. The van der Waals surface area contributed by atoms with Crippen LogP contribution in [0.4, 0.5) is 0 Å². The zero-order valence-corrected chi connectivity index (χ0v) is 12.5. The largest absolute Gasteiger partial charge is 0.486 e. The van der Waals surface area contributed by atoms with Crippen molar-refractivity contribution in [3.8, 4) is 11.5 Å². The molecule has 2 aliphatic rings. The van der Waals surface area contributed by atoms with Crippen LogP contribution in [0, 0.1) is 5.92 Å². The van der Waals surface area contributed by atoms with Crippen molar-refractivity contribution in [2.24, 2.45) is 5.92 Å². The van der Waals surface area contributed by atoms with E-state index in [1.807, 2.05) is 19.9 Å². The summed E-state index contributed by atoms with van der Waals surface area (Å²) in [4.78, 5) is 0.380. The van der Waals surface area contributed by atoms with Crippen molar-refractivity contribution in [3.63, 3.8) is 0 Å². The first-order valence-corrected chi connectivity index (χ1v) is 8.58. The molecule has 0 spiro atoms. The van der Waals surface area contributed by atoms with E-state index in [1.165, 1.54) is 0 Å². The molecule has 1 N–H and O–H groups in total. The van der Waals surface area contributed by atoms with E-state index in [9.17, 15) is 8.42 Å². The van der Waals surface area contributed by atoms with Gasteiger partial charge in [-0.25, -0.2) is 8.42 Å². The summed E-state index contributed by atoms with van der Waals surface area (Å²) < 4.78 is 35.9. The Morgan fingerprint density at radius 3 is 2.55 bits per heavy atom. The first-order valence-electron chi connectivity index (χ1n) is 6.92. The third-order valence-electron chi connectivity index (χ3n) is 3.82. The Morgan fingerprint density at radius 2 is 1.90 bits per heavy atom. The Bertz CT molecular complexity index is 626. The molecule has 0 aromatic heterocycles. The van der Waals surface area contributed by atoms with E-state index in [0.717, 1.165) is 12.1 Å². The van der Waals surface area contributed by atoms with Crippen molar-refractivity contribution in [3.05, 3.63) is 17.7 Å². The van der Waals surface area contributed by atoms with Crippen molar-refractivity contribution in [1.82, 2.24) is 5.32 Å². The average molecular weight is 297 g/mol. The summed E-state index contributed by atoms with van der Waals surface area (Å²) in [6.45, 7) is 5.74. The standard InChI is InChI=1S/C14H19NO4S/c1-3-15-14-9(2)8-20(16,17)13-7-12-11(6-10(13)14)18-4-5-19-12/h6-7,9,14-15H,3-5,8H2,1-2H3. The van der Waals surface area contributed by atoms with Crippen molar-refractivity contribution < 1.29 is 17.9 Å². The maximum Gasteiger partial charge on any atom is 0.179 e. The Balaban J connectivity index is 2.17. The summed E-state index contributed by atoms with van der Waals surface area (Å²) in [6, 6.07) is 3.48. The van der Waals surface area contributed by atoms with Crippen LogP contribution in [0.5, 0.6) is 11.5 Å². The molecule has 2 unspecified atom stereocenters. The summed E-state index contributed by atoms with van der Waals surface area (Å²) in [5.41, 5.74) is 0.801. The van der Waals surface area contributed by atoms with Crippen LogP contribution in [-0.2, 0) is 9.84 Å². The minimum absolute atomic E-state index is 0.0364. The van der Waals surface area contributed by atoms with E-state index >= 15 is 0 Å². The molecule has 1 aromatic carbocycles. The Morgan fingerprint density at radius 1 is 1.25 bits per heavy atom. The van der Waals surface area contributed by atoms with Gasteiger partial charge in [0.05, 0.1) is 10.6 Å². The molecule has 5 nitrogen and oxygen atoms in total. The molecule has 0 bridgehead atoms. The van der Waals surface area contributed by atoms with Gasteiger partial charge in [-0.15, -0.1) is 0 Å². The van der Waals surface area contributed by atoms with Gasteiger partial charge in [0.25, 0.3) is 0 Å². The fraction of sp³-hybridized carbons (Fsp3) is 0.571. The van der Waals surface area contributed by atoms with Crippen molar-refractivity contribution in [2.75, 3.05) is 25.5 Å². The molecule has 110 valence electrons. The van der Waals surface area contributed by atoms with E-state index in [2.05, 4.69) is 5.32 Å². The first kappa shape index (κ1) is 13.7. The predicted molar refractivity (Wildman–Crippen MR) is 75.1 cm³/mol.